The van der Waals surface area contributed by atoms with Crippen molar-refractivity contribution in [2.75, 3.05) is 18.4 Å². The van der Waals surface area contributed by atoms with Gasteiger partial charge >= 0.3 is 0 Å². The fourth-order valence-corrected chi connectivity index (χ4v) is 2.77. The normalized spacial score (nSPS) is 18.6. The second kappa shape index (κ2) is 7.96. The molecule has 0 aromatic carbocycles. The molecule has 1 aliphatic rings. The summed E-state index contributed by atoms with van der Waals surface area (Å²) >= 11 is 0. The van der Waals surface area contributed by atoms with Crippen LogP contribution in [0.1, 0.15) is 62.9 Å². The molecule has 0 bridgehead atoms. The van der Waals surface area contributed by atoms with Gasteiger partial charge in [0.25, 0.3) is 5.91 Å². The highest BCUT2D eigenvalue weighted by atomic mass is 16.2. The van der Waals surface area contributed by atoms with Crippen LogP contribution < -0.4 is 5.32 Å². The lowest BCUT2D eigenvalue weighted by Crippen LogP contribution is -2.43. The molecule has 1 aromatic heterocycles. The molecular formula is C16H26N4O. The number of hydrogen-bond acceptors (Lipinski definition) is 4. The third-order valence-corrected chi connectivity index (χ3v) is 4.08. The van der Waals surface area contributed by atoms with Crippen molar-refractivity contribution >= 4 is 11.7 Å². The molecule has 2 heterocycles. The van der Waals surface area contributed by atoms with Crippen molar-refractivity contribution < 1.29 is 4.79 Å². The van der Waals surface area contributed by atoms with E-state index < -0.39 is 0 Å². The van der Waals surface area contributed by atoms with Gasteiger partial charge in [-0.2, -0.15) is 0 Å². The van der Waals surface area contributed by atoms with Gasteiger partial charge in [0.1, 0.15) is 5.82 Å². The Morgan fingerprint density at radius 2 is 2.19 bits per heavy atom. The Labute approximate surface area is 127 Å². The average Bonchev–Trinajstić information content (AvgIpc) is 2.55. The van der Waals surface area contributed by atoms with Crippen LogP contribution in [0.25, 0.3) is 0 Å². The Morgan fingerprint density at radius 1 is 1.33 bits per heavy atom. The van der Waals surface area contributed by atoms with Crippen molar-refractivity contribution in [2.24, 2.45) is 0 Å². The quantitative estimate of drug-likeness (QED) is 0.818. The zero-order chi connectivity index (χ0) is 15.1. The second-order valence-electron chi connectivity index (χ2n) is 5.64. The Morgan fingerprint density at radius 3 is 2.86 bits per heavy atom. The second-order valence-corrected chi connectivity index (χ2v) is 5.64. The first-order valence-electron chi connectivity index (χ1n) is 8.14. The van der Waals surface area contributed by atoms with Crippen LogP contribution in [0.5, 0.6) is 0 Å². The Kier molecular flexibility index (Phi) is 5.96. The summed E-state index contributed by atoms with van der Waals surface area (Å²) < 4.78 is 0. The first kappa shape index (κ1) is 15.7. The fraction of sp³-hybridized carbons (Fsp3) is 0.688. The van der Waals surface area contributed by atoms with Crippen molar-refractivity contribution in [2.45, 2.75) is 58.4 Å². The van der Waals surface area contributed by atoms with Crippen LogP contribution in [0.15, 0.2) is 12.1 Å². The monoisotopic (exact) mass is 290 g/mol. The molecule has 0 radical (unpaired) electrons. The molecule has 0 saturated carbocycles. The number of piperidine rings is 1. The molecule has 116 valence electrons. The largest absolute Gasteiger partial charge is 0.369 e. The molecule has 1 unspecified atom stereocenters. The highest BCUT2D eigenvalue weighted by Crippen LogP contribution is 2.21. The Bertz CT molecular complexity index is 446. The van der Waals surface area contributed by atoms with Gasteiger partial charge in [-0.15, -0.1) is 10.2 Å². The molecule has 1 N–H and O–H groups in total. The number of likely N-dealkylation sites (tertiary alicyclic amines) is 1. The Balaban J connectivity index is 1.98. The lowest BCUT2D eigenvalue weighted by Gasteiger charge is -2.34. The van der Waals surface area contributed by atoms with Crippen molar-refractivity contribution in [1.82, 2.24) is 15.1 Å². The number of amides is 1. The number of carbonyl (C=O) groups is 1. The van der Waals surface area contributed by atoms with Gasteiger partial charge in [0.05, 0.1) is 0 Å². The third-order valence-electron chi connectivity index (χ3n) is 4.08. The van der Waals surface area contributed by atoms with Crippen molar-refractivity contribution in [3.8, 4) is 0 Å². The standard InChI is InChI=1S/C16H26N4O/c1-3-5-11-17-15-10-9-14(18-19-15)16(21)20-12-7-6-8-13(20)4-2/h9-10,13H,3-8,11-12H2,1-2H3,(H,17,19). The molecular weight excluding hydrogens is 264 g/mol. The molecule has 5 nitrogen and oxygen atoms in total. The molecule has 1 saturated heterocycles. The lowest BCUT2D eigenvalue weighted by molar-refractivity contribution is 0.0601. The van der Waals surface area contributed by atoms with E-state index >= 15 is 0 Å². The molecule has 0 spiro atoms. The van der Waals surface area contributed by atoms with Crippen molar-refractivity contribution in [3.63, 3.8) is 0 Å². The van der Waals surface area contributed by atoms with Gasteiger partial charge in [0.2, 0.25) is 0 Å². The van der Waals surface area contributed by atoms with Crippen LogP contribution in [0.3, 0.4) is 0 Å². The van der Waals surface area contributed by atoms with E-state index in [0.717, 1.165) is 51.0 Å². The summed E-state index contributed by atoms with van der Waals surface area (Å²) in [5.41, 5.74) is 0.455. The molecule has 1 atom stereocenters. The predicted molar refractivity (Wildman–Crippen MR) is 84.4 cm³/mol. The molecule has 0 aliphatic carbocycles. The number of unbranched alkanes of at least 4 members (excludes halogenated alkanes) is 1. The predicted octanol–water partition coefficient (Wildman–Crippen LogP) is 3.09. The van der Waals surface area contributed by atoms with E-state index in [1.54, 1.807) is 6.07 Å². The van der Waals surface area contributed by atoms with Crippen LogP contribution in [0.2, 0.25) is 0 Å². The summed E-state index contributed by atoms with van der Waals surface area (Å²) in [5.74, 6) is 0.764. The van der Waals surface area contributed by atoms with Crippen LogP contribution in [-0.4, -0.2) is 40.1 Å². The third kappa shape index (κ3) is 4.16. The molecule has 1 aromatic rings. The number of hydrogen-bond donors (Lipinski definition) is 1. The zero-order valence-corrected chi connectivity index (χ0v) is 13.1. The van der Waals surface area contributed by atoms with Gasteiger partial charge in [-0.25, -0.2) is 0 Å². The van der Waals surface area contributed by atoms with Crippen LogP contribution in [0, 0.1) is 0 Å². The SMILES string of the molecule is CCCCNc1ccc(C(=O)N2CCCCC2CC)nn1. The molecule has 21 heavy (non-hydrogen) atoms. The van der Waals surface area contributed by atoms with E-state index in [2.05, 4.69) is 29.4 Å². The maximum Gasteiger partial charge on any atom is 0.274 e. The van der Waals surface area contributed by atoms with Crippen molar-refractivity contribution in [3.05, 3.63) is 17.8 Å². The van der Waals surface area contributed by atoms with Gasteiger partial charge in [0.15, 0.2) is 5.69 Å². The maximum atomic E-state index is 12.5. The average molecular weight is 290 g/mol. The van der Waals surface area contributed by atoms with Gasteiger partial charge in [-0.3, -0.25) is 4.79 Å². The minimum absolute atomic E-state index is 0.0224. The number of carbonyl (C=O) groups excluding carboxylic acids is 1. The highest BCUT2D eigenvalue weighted by Gasteiger charge is 2.27. The van der Waals surface area contributed by atoms with E-state index in [1.807, 2.05) is 11.0 Å². The summed E-state index contributed by atoms with van der Waals surface area (Å²) in [5, 5.41) is 11.4. The maximum absolute atomic E-state index is 12.5. The molecule has 1 aliphatic heterocycles. The number of aromatic nitrogens is 2. The number of nitrogens with one attached hydrogen (secondary N) is 1. The van der Waals surface area contributed by atoms with E-state index in [-0.39, 0.29) is 5.91 Å². The van der Waals surface area contributed by atoms with E-state index in [1.165, 1.54) is 6.42 Å². The summed E-state index contributed by atoms with van der Waals surface area (Å²) in [7, 11) is 0. The first-order valence-corrected chi connectivity index (χ1v) is 8.14. The van der Waals surface area contributed by atoms with E-state index in [0.29, 0.717) is 11.7 Å². The smallest absolute Gasteiger partial charge is 0.274 e. The number of rotatable bonds is 6. The Hall–Kier alpha value is -1.65. The summed E-state index contributed by atoms with van der Waals surface area (Å²) in [4.78, 5) is 14.5. The minimum atomic E-state index is 0.0224. The summed E-state index contributed by atoms with van der Waals surface area (Å²) in [6, 6.07) is 3.99. The van der Waals surface area contributed by atoms with Crippen LogP contribution >= 0.6 is 0 Å². The molecule has 2 rings (SSSR count). The van der Waals surface area contributed by atoms with Crippen LogP contribution in [-0.2, 0) is 0 Å². The summed E-state index contributed by atoms with van der Waals surface area (Å²) in [6.07, 6.45) is 6.67. The van der Waals surface area contributed by atoms with Gasteiger partial charge in [-0.05, 0) is 44.2 Å². The van der Waals surface area contributed by atoms with Gasteiger partial charge in [0, 0.05) is 19.1 Å². The van der Waals surface area contributed by atoms with Crippen molar-refractivity contribution in [1.29, 1.82) is 0 Å². The van der Waals surface area contributed by atoms with Crippen LogP contribution in [0.4, 0.5) is 5.82 Å². The first-order chi connectivity index (χ1) is 10.3. The lowest BCUT2D eigenvalue weighted by atomic mass is 9.99. The van der Waals surface area contributed by atoms with Gasteiger partial charge < -0.3 is 10.2 Å². The van der Waals surface area contributed by atoms with E-state index in [4.69, 9.17) is 0 Å². The highest BCUT2D eigenvalue weighted by molar-refractivity contribution is 5.92. The topological polar surface area (TPSA) is 58.1 Å². The van der Waals surface area contributed by atoms with E-state index in [9.17, 15) is 4.79 Å². The zero-order valence-electron chi connectivity index (χ0n) is 13.1. The number of anilines is 1. The molecule has 1 amide bonds. The summed E-state index contributed by atoms with van der Waals surface area (Å²) in [6.45, 7) is 6.03. The van der Waals surface area contributed by atoms with Gasteiger partial charge in [-0.1, -0.05) is 20.3 Å². The number of nitrogens with zero attached hydrogens (tertiary/aromatic N) is 3. The molecule has 5 heteroatoms. The minimum Gasteiger partial charge on any atom is -0.369 e. The fourth-order valence-electron chi connectivity index (χ4n) is 2.77. The molecule has 1 fully saturated rings.